The number of aryl methyl sites for hydroxylation is 1. The molecule has 2 aromatic rings. The minimum absolute atomic E-state index is 0.0513. The van der Waals surface area contributed by atoms with E-state index in [-0.39, 0.29) is 5.91 Å². The van der Waals surface area contributed by atoms with Crippen LogP contribution in [0.2, 0.25) is 0 Å². The van der Waals surface area contributed by atoms with E-state index in [0.717, 1.165) is 34.5 Å². The van der Waals surface area contributed by atoms with E-state index in [0.29, 0.717) is 13.0 Å². The molecule has 1 aliphatic rings. The molecular formula is C14H16N4O. The van der Waals surface area contributed by atoms with Gasteiger partial charge in [0.25, 0.3) is 0 Å². The van der Waals surface area contributed by atoms with Crippen molar-refractivity contribution in [3.8, 4) is 11.3 Å². The Hall–Kier alpha value is -2.14. The molecule has 1 aromatic carbocycles. The van der Waals surface area contributed by atoms with Gasteiger partial charge in [-0.1, -0.05) is 6.07 Å². The minimum Gasteiger partial charge on any atom is -0.330 e. The number of carbonyl (C=O) groups is 1. The molecule has 0 radical (unpaired) electrons. The van der Waals surface area contributed by atoms with E-state index in [1.165, 1.54) is 0 Å². The number of hydrogen-bond acceptors (Lipinski definition) is 3. The second-order valence-electron chi connectivity index (χ2n) is 4.81. The summed E-state index contributed by atoms with van der Waals surface area (Å²) in [6.45, 7) is 0.601. The molecule has 0 saturated carbocycles. The van der Waals surface area contributed by atoms with Crippen molar-refractivity contribution in [3.63, 3.8) is 0 Å². The Morgan fingerprint density at radius 2 is 2.32 bits per heavy atom. The predicted octanol–water partition coefficient (Wildman–Crippen LogP) is 1.08. The number of rotatable bonds is 3. The molecule has 0 aliphatic carbocycles. The Morgan fingerprint density at radius 1 is 1.47 bits per heavy atom. The molecule has 3 rings (SSSR count). The molecule has 0 fully saturated rings. The van der Waals surface area contributed by atoms with Gasteiger partial charge in [0, 0.05) is 24.5 Å². The maximum Gasteiger partial charge on any atom is 0.228 e. The van der Waals surface area contributed by atoms with Crippen LogP contribution in [-0.4, -0.2) is 22.2 Å². The van der Waals surface area contributed by atoms with Gasteiger partial charge in [0.2, 0.25) is 5.91 Å². The Morgan fingerprint density at radius 3 is 3.11 bits per heavy atom. The Balaban J connectivity index is 2.03. The van der Waals surface area contributed by atoms with Crippen molar-refractivity contribution >= 4 is 11.6 Å². The lowest BCUT2D eigenvalue weighted by atomic mass is 10.0. The van der Waals surface area contributed by atoms with E-state index >= 15 is 0 Å². The smallest absolute Gasteiger partial charge is 0.228 e. The van der Waals surface area contributed by atoms with Crippen molar-refractivity contribution in [2.24, 2.45) is 12.8 Å². The number of nitrogens with one attached hydrogen (secondary N) is 1. The van der Waals surface area contributed by atoms with Crippen LogP contribution in [0.3, 0.4) is 0 Å². The monoisotopic (exact) mass is 256 g/mol. The molecule has 3 N–H and O–H groups in total. The highest BCUT2D eigenvalue weighted by Crippen LogP contribution is 2.30. The highest BCUT2D eigenvalue weighted by atomic mass is 16.1. The van der Waals surface area contributed by atoms with Crippen LogP contribution >= 0.6 is 0 Å². The van der Waals surface area contributed by atoms with E-state index in [1.807, 2.05) is 31.4 Å². The summed E-state index contributed by atoms with van der Waals surface area (Å²) < 4.78 is 1.80. The van der Waals surface area contributed by atoms with Crippen molar-refractivity contribution in [1.82, 2.24) is 9.78 Å². The van der Waals surface area contributed by atoms with Gasteiger partial charge in [-0.25, -0.2) is 0 Å². The maximum atomic E-state index is 11.4. The molecule has 2 heterocycles. The summed E-state index contributed by atoms with van der Waals surface area (Å²) in [5.41, 5.74) is 10.7. The van der Waals surface area contributed by atoms with Crippen molar-refractivity contribution < 1.29 is 4.79 Å². The van der Waals surface area contributed by atoms with Crippen molar-refractivity contribution in [1.29, 1.82) is 0 Å². The summed E-state index contributed by atoms with van der Waals surface area (Å²) in [7, 11) is 1.90. The molecule has 5 nitrogen and oxygen atoms in total. The Kier molecular flexibility index (Phi) is 2.83. The first kappa shape index (κ1) is 11.9. The number of carbonyl (C=O) groups excluding carboxylic acids is 1. The molecule has 1 aromatic heterocycles. The lowest BCUT2D eigenvalue weighted by molar-refractivity contribution is -0.115. The Bertz CT molecular complexity index is 645. The third kappa shape index (κ3) is 2.13. The largest absolute Gasteiger partial charge is 0.330 e. The number of anilines is 1. The molecule has 19 heavy (non-hydrogen) atoms. The lowest BCUT2D eigenvalue weighted by Crippen LogP contribution is -2.03. The number of nitrogens with two attached hydrogens (primary N) is 1. The van der Waals surface area contributed by atoms with Crippen LogP contribution in [0.5, 0.6) is 0 Å². The van der Waals surface area contributed by atoms with Gasteiger partial charge in [0.05, 0.1) is 12.1 Å². The highest BCUT2D eigenvalue weighted by molar-refractivity contribution is 5.99. The van der Waals surface area contributed by atoms with Crippen LogP contribution < -0.4 is 11.1 Å². The summed E-state index contributed by atoms with van der Waals surface area (Å²) in [4.78, 5) is 11.4. The van der Waals surface area contributed by atoms with Gasteiger partial charge in [-0.2, -0.15) is 5.10 Å². The third-order valence-corrected chi connectivity index (χ3v) is 3.32. The van der Waals surface area contributed by atoms with Crippen LogP contribution in [0.4, 0.5) is 5.69 Å². The van der Waals surface area contributed by atoms with Gasteiger partial charge in [-0.3, -0.25) is 9.48 Å². The van der Waals surface area contributed by atoms with Gasteiger partial charge in [-0.05, 0) is 36.2 Å². The third-order valence-electron chi connectivity index (χ3n) is 3.32. The average Bonchev–Trinajstić information content (AvgIpc) is 2.90. The number of benzene rings is 1. The quantitative estimate of drug-likeness (QED) is 0.863. The zero-order valence-electron chi connectivity index (χ0n) is 10.8. The van der Waals surface area contributed by atoms with Gasteiger partial charge in [0.1, 0.15) is 0 Å². The van der Waals surface area contributed by atoms with Crippen molar-refractivity contribution in [2.75, 3.05) is 11.9 Å². The molecule has 5 heteroatoms. The van der Waals surface area contributed by atoms with Gasteiger partial charge >= 0.3 is 0 Å². The minimum atomic E-state index is 0.0513. The lowest BCUT2D eigenvalue weighted by Gasteiger charge is -2.04. The van der Waals surface area contributed by atoms with Crippen LogP contribution in [0, 0.1) is 0 Å². The topological polar surface area (TPSA) is 72.9 Å². The first-order valence-corrected chi connectivity index (χ1v) is 6.33. The normalized spacial score (nSPS) is 13.5. The van der Waals surface area contributed by atoms with Crippen LogP contribution in [0.15, 0.2) is 24.4 Å². The van der Waals surface area contributed by atoms with E-state index in [2.05, 4.69) is 10.4 Å². The molecule has 1 aliphatic heterocycles. The molecule has 0 atom stereocenters. The first-order valence-electron chi connectivity index (χ1n) is 6.33. The summed E-state index contributed by atoms with van der Waals surface area (Å²) in [6.07, 6.45) is 3.25. The van der Waals surface area contributed by atoms with E-state index in [1.54, 1.807) is 4.68 Å². The highest BCUT2D eigenvalue weighted by Gasteiger charge is 2.19. The zero-order valence-corrected chi connectivity index (χ0v) is 10.8. The fourth-order valence-electron chi connectivity index (χ4n) is 2.50. The SMILES string of the molecule is Cn1cc(CCN)c(-c2ccc3c(c2)CC(=O)N3)n1. The number of fused-ring (bicyclic) bond motifs is 1. The van der Waals surface area contributed by atoms with Crippen LogP contribution in [-0.2, 0) is 24.7 Å². The number of hydrogen-bond donors (Lipinski definition) is 2. The van der Waals surface area contributed by atoms with E-state index in [9.17, 15) is 4.79 Å². The summed E-state index contributed by atoms with van der Waals surface area (Å²) >= 11 is 0. The van der Waals surface area contributed by atoms with Crippen LogP contribution in [0.25, 0.3) is 11.3 Å². The van der Waals surface area contributed by atoms with Crippen molar-refractivity contribution in [3.05, 3.63) is 35.5 Å². The molecule has 0 unspecified atom stereocenters. The number of amides is 1. The van der Waals surface area contributed by atoms with Gasteiger partial charge in [-0.15, -0.1) is 0 Å². The summed E-state index contributed by atoms with van der Waals surface area (Å²) in [6, 6.07) is 5.97. The number of nitrogens with zero attached hydrogens (tertiary/aromatic N) is 2. The van der Waals surface area contributed by atoms with Crippen molar-refractivity contribution in [2.45, 2.75) is 12.8 Å². The standard InChI is InChI=1S/C14H16N4O/c1-18-8-10(4-5-15)14(17-18)9-2-3-12-11(6-9)7-13(19)16-12/h2-3,6,8H,4-5,7,15H2,1H3,(H,16,19). The maximum absolute atomic E-state index is 11.4. The second kappa shape index (κ2) is 4.51. The summed E-state index contributed by atoms with van der Waals surface area (Å²) in [5.74, 6) is 0.0513. The van der Waals surface area contributed by atoms with Gasteiger partial charge < -0.3 is 11.1 Å². The fraction of sp³-hybridized carbons (Fsp3) is 0.286. The molecular weight excluding hydrogens is 240 g/mol. The summed E-state index contributed by atoms with van der Waals surface area (Å²) in [5, 5.41) is 7.34. The molecule has 1 amide bonds. The predicted molar refractivity (Wildman–Crippen MR) is 73.7 cm³/mol. The van der Waals surface area contributed by atoms with Crippen LogP contribution in [0.1, 0.15) is 11.1 Å². The Labute approximate surface area is 111 Å². The van der Waals surface area contributed by atoms with Gasteiger partial charge in [0.15, 0.2) is 0 Å². The molecule has 0 spiro atoms. The molecule has 0 saturated heterocycles. The second-order valence-corrected chi connectivity index (χ2v) is 4.81. The average molecular weight is 256 g/mol. The molecule has 98 valence electrons. The van der Waals surface area contributed by atoms with E-state index in [4.69, 9.17) is 5.73 Å². The number of aromatic nitrogens is 2. The molecule has 0 bridgehead atoms. The first-order chi connectivity index (χ1) is 9.17. The fourth-order valence-corrected chi connectivity index (χ4v) is 2.50. The zero-order chi connectivity index (χ0) is 13.4. The van der Waals surface area contributed by atoms with E-state index < -0.39 is 0 Å².